The van der Waals surface area contributed by atoms with Crippen molar-refractivity contribution in [2.75, 3.05) is 12.4 Å². The molecule has 30 heavy (non-hydrogen) atoms. The highest BCUT2D eigenvalue weighted by molar-refractivity contribution is 7.15. The van der Waals surface area contributed by atoms with E-state index in [0.717, 1.165) is 27.9 Å². The number of anilines is 1. The number of aryl methyl sites for hydroxylation is 2. The zero-order valence-electron chi connectivity index (χ0n) is 16.9. The second-order valence-electron chi connectivity index (χ2n) is 7.09. The lowest BCUT2D eigenvalue weighted by atomic mass is 9.97. The van der Waals surface area contributed by atoms with Crippen LogP contribution < -0.4 is 5.32 Å². The highest BCUT2D eigenvalue weighted by Crippen LogP contribution is 2.38. The molecule has 1 N–H and O–H groups in total. The molecule has 0 radical (unpaired) electrons. The third-order valence-corrected chi connectivity index (χ3v) is 5.77. The summed E-state index contributed by atoms with van der Waals surface area (Å²) in [6, 6.07) is 11.8. The molecule has 0 spiro atoms. The highest BCUT2D eigenvalue weighted by atomic mass is 32.1. The molecule has 4 aromatic rings. The molecule has 6 nitrogen and oxygen atoms in total. The summed E-state index contributed by atoms with van der Waals surface area (Å²) < 4.78 is 6.88. The Balaban J connectivity index is 1.63. The molecule has 0 bridgehead atoms. The molecular formula is C23H21N3O3S. The van der Waals surface area contributed by atoms with E-state index in [2.05, 4.69) is 10.3 Å². The van der Waals surface area contributed by atoms with Crippen molar-refractivity contribution in [2.45, 2.75) is 20.3 Å². The van der Waals surface area contributed by atoms with E-state index < -0.39 is 5.97 Å². The van der Waals surface area contributed by atoms with Gasteiger partial charge in [-0.05, 0) is 37.1 Å². The van der Waals surface area contributed by atoms with Gasteiger partial charge in [0.15, 0.2) is 0 Å². The van der Waals surface area contributed by atoms with Crippen molar-refractivity contribution in [1.29, 1.82) is 0 Å². The number of carbonyl (C=O) groups is 2. The monoisotopic (exact) mass is 419 g/mol. The lowest BCUT2D eigenvalue weighted by Gasteiger charge is -2.10. The molecule has 0 atom stereocenters. The summed E-state index contributed by atoms with van der Waals surface area (Å²) in [6.45, 7) is 4.00. The van der Waals surface area contributed by atoms with Crippen LogP contribution in [0.1, 0.15) is 27.2 Å². The number of nitrogens with zero attached hydrogens (tertiary/aromatic N) is 2. The minimum Gasteiger partial charge on any atom is -0.465 e. The van der Waals surface area contributed by atoms with E-state index in [4.69, 9.17) is 4.74 Å². The minimum atomic E-state index is -0.477. The van der Waals surface area contributed by atoms with Crippen LogP contribution in [0.3, 0.4) is 0 Å². The minimum absolute atomic E-state index is 0.110. The maximum absolute atomic E-state index is 12.7. The summed E-state index contributed by atoms with van der Waals surface area (Å²) in [7, 11) is 1.34. The Bertz CT molecular complexity index is 1220. The average Bonchev–Trinajstić information content (AvgIpc) is 3.32. The van der Waals surface area contributed by atoms with Gasteiger partial charge in [0.2, 0.25) is 5.91 Å². The molecule has 0 unspecified atom stereocenters. The van der Waals surface area contributed by atoms with Crippen LogP contribution in [-0.2, 0) is 16.0 Å². The molecule has 4 rings (SSSR count). The van der Waals surface area contributed by atoms with E-state index in [1.54, 1.807) is 0 Å². The highest BCUT2D eigenvalue weighted by Gasteiger charge is 2.23. The summed E-state index contributed by atoms with van der Waals surface area (Å²) in [5, 5.41) is 5.23. The lowest BCUT2D eigenvalue weighted by molar-refractivity contribution is -0.115. The maximum atomic E-state index is 12.7. The molecule has 7 heteroatoms. The number of hydrogen-bond donors (Lipinski definition) is 1. The zero-order chi connectivity index (χ0) is 21.3. The number of fused-ring (bicyclic) bond motifs is 1. The molecule has 0 aliphatic heterocycles. The van der Waals surface area contributed by atoms with Gasteiger partial charge in [0, 0.05) is 23.3 Å². The van der Waals surface area contributed by atoms with Crippen molar-refractivity contribution < 1.29 is 14.3 Å². The standard InChI is InChI=1S/C23H21N3O3S/c1-14-7-8-15(2)17(10-14)18-13-30-22(21(18)23(28)29-3)25-20(27)11-16-12-26-9-5-4-6-19(26)24-16/h4-10,12-13H,11H2,1-3H3,(H,25,27). The quantitative estimate of drug-likeness (QED) is 0.478. The van der Waals surface area contributed by atoms with Gasteiger partial charge in [0.05, 0.1) is 19.2 Å². The fourth-order valence-corrected chi connectivity index (χ4v) is 4.35. The van der Waals surface area contributed by atoms with E-state index in [9.17, 15) is 9.59 Å². The summed E-state index contributed by atoms with van der Waals surface area (Å²) in [6.07, 6.45) is 3.82. The van der Waals surface area contributed by atoms with Gasteiger partial charge in [-0.2, -0.15) is 0 Å². The first-order valence-electron chi connectivity index (χ1n) is 9.46. The van der Waals surface area contributed by atoms with Gasteiger partial charge >= 0.3 is 5.97 Å². The number of amides is 1. The Morgan fingerprint density at radius 3 is 2.77 bits per heavy atom. The van der Waals surface area contributed by atoms with Gasteiger partial charge in [0.1, 0.15) is 16.2 Å². The van der Waals surface area contributed by atoms with Crippen molar-refractivity contribution in [3.05, 3.63) is 76.6 Å². The number of methoxy groups -OCH3 is 1. The van der Waals surface area contributed by atoms with Crippen LogP contribution in [0.15, 0.2) is 54.2 Å². The smallest absolute Gasteiger partial charge is 0.341 e. The lowest BCUT2D eigenvalue weighted by Crippen LogP contribution is -2.16. The Morgan fingerprint density at radius 2 is 2.00 bits per heavy atom. The molecule has 0 saturated heterocycles. The Hall–Kier alpha value is -3.45. The van der Waals surface area contributed by atoms with Gasteiger partial charge in [-0.1, -0.05) is 29.8 Å². The van der Waals surface area contributed by atoms with Gasteiger partial charge in [-0.3, -0.25) is 4.79 Å². The van der Waals surface area contributed by atoms with Gasteiger partial charge in [0.25, 0.3) is 0 Å². The predicted molar refractivity (Wildman–Crippen MR) is 118 cm³/mol. The molecule has 3 heterocycles. The molecule has 0 aliphatic rings. The van der Waals surface area contributed by atoms with Crippen molar-refractivity contribution in [1.82, 2.24) is 9.38 Å². The number of imidazole rings is 1. The Kier molecular flexibility index (Phi) is 5.37. The van der Waals surface area contributed by atoms with Crippen LogP contribution in [-0.4, -0.2) is 28.4 Å². The molecule has 3 aromatic heterocycles. The van der Waals surface area contributed by atoms with Crippen LogP contribution in [0.2, 0.25) is 0 Å². The second kappa shape index (κ2) is 8.12. The third kappa shape index (κ3) is 3.84. The largest absolute Gasteiger partial charge is 0.465 e. The van der Waals surface area contributed by atoms with E-state index in [0.29, 0.717) is 16.3 Å². The molecule has 0 aliphatic carbocycles. The van der Waals surface area contributed by atoms with Gasteiger partial charge in [-0.25, -0.2) is 9.78 Å². The summed E-state index contributed by atoms with van der Waals surface area (Å²) >= 11 is 1.31. The van der Waals surface area contributed by atoms with E-state index in [1.807, 2.05) is 72.4 Å². The number of nitrogens with one attached hydrogen (secondary N) is 1. The normalized spacial score (nSPS) is 10.9. The number of rotatable bonds is 5. The molecule has 0 fully saturated rings. The van der Waals surface area contributed by atoms with Crippen LogP contribution in [0.5, 0.6) is 0 Å². The molecular weight excluding hydrogens is 398 g/mol. The number of esters is 1. The van der Waals surface area contributed by atoms with E-state index in [-0.39, 0.29) is 12.3 Å². The molecule has 1 aromatic carbocycles. The van der Waals surface area contributed by atoms with Crippen molar-refractivity contribution in [3.8, 4) is 11.1 Å². The van der Waals surface area contributed by atoms with Crippen LogP contribution in [0.4, 0.5) is 5.00 Å². The maximum Gasteiger partial charge on any atom is 0.341 e. The number of hydrogen-bond acceptors (Lipinski definition) is 5. The SMILES string of the molecule is COC(=O)c1c(-c2cc(C)ccc2C)csc1NC(=O)Cc1cn2ccccc2n1. The fraction of sp³-hybridized carbons (Fsp3) is 0.174. The zero-order valence-corrected chi connectivity index (χ0v) is 17.7. The first-order chi connectivity index (χ1) is 14.5. The Morgan fingerprint density at radius 1 is 1.17 bits per heavy atom. The van der Waals surface area contributed by atoms with E-state index >= 15 is 0 Å². The number of thiophene rings is 1. The molecule has 1 amide bonds. The van der Waals surface area contributed by atoms with Crippen LogP contribution >= 0.6 is 11.3 Å². The summed E-state index contributed by atoms with van der Waals surface area (Å²) in [5.74, 6) is -0.715. The van der Waals surface area contributed by atoms with Gasteiger partial charge < -0.3 is 14.5 Å². The topological polar surface area (TPSA) is 72.7 Å². The number of carbonyl (C=O) groups excluding carboxylic acids is 2. The summed E-state index contributed by atoms with van der Waals surface area (Å²) in [4.78, 5) is 29.7. The molecule has 0 saturated carbocycles. The number of benzene rings is 1. The number of aromatic nitrogens is 2. The first kappa shape index (κ1) is 19.8. The van der Waals surface area contributed by atoms with Crippen molar-refractivity contribution in [3.63, 3.8) is 0 Å². The summed E-state index contributed by atoms with van der Waals surface area (Å²) in [5.41, 5.74) is 5.66. The van der Waals surface area contributed by atoms with Gasteiger partial charge in [-0.15, -0.1) is 11.3 Å². The van der Waals surface area contributed by atoms with Crippen LogP contribution in [0, 0.1) is 13.8 Å². The van der Waals surface area contributed by atoms with Crippen LogP contribution in [0.25, 0.3) is 16.8 Å². The number of ether oxygens (including phenoxy) is 1. The average molecular weight is 420 g/mol. The third-order valence-electron chi connectivity index (χ3n) is 4.87. The first-order valence-corrected chi connectivity index (χ1v) is 10.3. The second-order valence-corrected chi connectivity index (χ2v) is 7.97. The predicted octanol–water partition coefficient (Wildman–Crippen LogP) is 4.65. The van der Waals surface area contributed by atoms with Crippen molar-refractivity contribution in [2.24, 2.45) is 0 Å². The fourth-order valence-electron chi connectivity index (χ4n) is 3.39. The number of pyridine rings is 1. The van der Waals surface area contributed by atoms with Crippen molar-refractivity contribution >= 4 is 33.9 Å². The molecule has 152 valence electrons. The Labute approximate surface area is 178 Å². The van der Waals surface area contributed by atoms with E-state index in [1.165, 1.54) is 18.4 Å².